The van der Waals surface area contributed by atoms with Crippen LogP contribution in [-0.4, -0.2) is 12.1 Å². The second-order valence-electron chi connectivity index (χ2n) is 5.04. The Bertz CT molecular complexity index is 778. The van der Waals surface area contributed by atoms with Crippen molar-refractivity contribution in [3.63, 3.8) is 0 Å². The number of carbonyl (C=O) groups is 1. The highest BCUT2D eigenvalue weighted by Gasteiger charge is 2.02. The molecule has 0 atom stereocenters. The molecule has 0 radical (unpaired) electrons. The molecule has 0 aliphatic carbocycles. The van der Waals surface area contributed by atoms with Crippen molar-refractivity contribution >= 4 is 23.5 Å². The number of hydrogen-bond acceptors (Lipinski definition) is 3. The highest BCUT2D eigenvalue weighted by molar-refractivity contribution is 7.10. The first-order valence-corrected chi connectivity index (χ1v) is 8.19. The van der Waals surface area contributed by atoms with Gasteiger partial charge in [0.2, 0.25) is 5.91 Å². The minimum Gasteiger partial charge on any atom is -0.273 e. The van der Waals surface area contributed by atoms with Crippen LogP contribution in [0.1, 0.15) is 10.4 Å². The van der Waals surface area contributed by atoms with E-state index in [0.717, 1.165) is 16.0 Å². The molecule has 0 saturated carbocycles. The summed E-state index contributed by atoms with van der Waals surface area (Å²) in [5.74, 6) is -0.107. The molecule has 0 aliphatic rings. The first-order chi connectivity index (χ1) is 11.3. The number of thiophene rings is 1. The van der Waals surface area contributed by atoms with Crippen molar-refractivity contribution in [2.75, 3.05) is 0 Å². The maximum Gasteiger partial charge on any atom is 0.245 e. The molecule has 0 bridgehead atoms. The summed E-state index contributed by atoms with van der Waals surface area (Å²) in [5.41, 5.74) is 5.84. The SMILES string of the molecule is O=C(Cc1cccs1)NN=Cc1ccc(-c2ccccc2)cc1. The van der Waals surface area contributed by atoms with Crippen molar-refractivity contribution in [3.8, 4) is 11.1 Å². The van der Waals surface area contributed by atoms with E-state index < -0.39 is 0 Å². The number of rotatable bonds is 5. The van der Waals surface area contributed by atoms with Crippen LogP contribution >= 0.6 is 11.3 Å². The molecule has 0 spiro atoms. The van der Waals surface area contributed by atoms with E-state index in [-0.39, 0.29) is 5.91 Å². The van der Waals surface area contributed by atoms with Gasteiger partial charge in [0.15, 0.2) is 0 Å². The van der Waals surface area contributed by atoms with Crippen LogP contribution < -0.4 is 5.43 Å². The van der Waals surface area contributed by atoms with Crippen LogP contribution in [-0.2, 0) is 11.2 Å². The Morgan fingerprint density at radius 1 is 0.957 bits per heavy atom. The van der Waals surface area contributed by atoms with Gasteiger partial charge < -0.3 is 0 Å². The number of hydrazone groups is 1. The van der Waals surface area contributed by atoms with E-state index in [1.165, 1.54) is 5.56 Å². The van der Waals surface area contributed by atoms with E-state index in [1.807, 2.05) is 60.0 Å². The summed E-state index contributed by atoms with van der Waals surface area (Å²) >= 11 is 1.57. The molecule has 3 nitrogen and oxygen atoms in total. The van der Waals surface area contributed by atoms with Crippen LogP contribution in [0.25, 0.3) is 11.1 Å². The topological polar surface area (TPSA) is 41.5 Å². The fourth-order valence-electron chi connectivity index (χ4n) is 2.18. The Kier molecular flexibility index (Phi) is 4.96. The lowest BCUT2D eigenvalue weighted by atomic mass is 10.0. The third-order valence-electron chi connectivity index (χ3n) is 3.34. The minimum atomic E-state index is -0.107. The molecular formula is C19H16N2OS. The molecule has 1 aromatic heterocycles. The van der Waals surface area contributed by atoms with Crippen molar-refractivity contribution in [2.24, 2.45) is 5.10 Å². The van der Waals surface area contributed by atoms with Gasteiger partial charge in [-0.15, -0.1) is 11.3 Å². The zero-order valence-electron chi connectivity index (χ0n) is 12.5. The van der Waals surface area contributed by atoms with E-state index in [0.29, 0.717) is 6.42 Å². The maximum atomic E-state index is 11.7. The normalized spacial score (nSPS) is 10.8. The van der Waals surface area contributed by atoms with Crippen LogP contribution in [0.3, 0.4) is 0 Å². The summed E-state index contributed by atoms with van der Waals surface area (Å²) in [6.45, 7) is 0. The van der Waals surface area contributed by atoms with Crippen LogP contribution in [0.5, 0.6) is 0 Å². The van der Waals surface area contributed by atoms with E-state index in [9.17, 15) is 4.79 Å². The largest absolute Gasteiger partial charge is 0.273 e. The van der Waals surface area contributed by atoms with Crippen LogP contribution in [0.15, 0.2) is 77.2 Å². The maximum absolute atomic E-state index is 11.7. The van der Waals surface area contributed by atoms with Gasteiger partial charge in [0, 0.05) is 4.88 Å². The number of nitrogens with one attached hydrogen (secondary N) is 1. The molecule has 1 N–H and O–H groups in total. The Balaban J connectivity index is 1.57. The van der Waals surface area contributed by atoms with Crippen molar-refractivity contribution in [3.05, 3.63) is 82.6 Å². The van der Waals surface area contributed by atoms with Gasteiger partial charge >= 0.3 is 0 Å². The first-order valence-electron chi connectivity index (χ1n) is 7.31. The van der Waals surface area contributed by atoms with Crippen LogP contribution in [0, 0.1) is 0 Å². The van der Waals surface area contributed by atoms with Gasteiger partial charge in [-0.2, -0.15) is 5.10 Å². The first kappa shape index (κ1) is 15.2. The highest BCUT2D eigenvalue weighted by Crippen LogP contribution is 2.18. The van der Waals surface area contributed by atoms with Gasteiger partial charge in [-0.25, -0.2) is 5.43 Å². The Morgan fingerprint density at radius 2 is 1.70 bits per heavy atom. The average molecular weight is 320 g/mol. The third-order valence-corrected chi connectivity index (χ3v) is 4.21. The number of benzene rings is 2. The lowest BCUT2D eigenvalue weighted by Gasteiger charge is -2.02. The molecule has 2 aromatic carbocycles. The van der Waals surface area contributed by atoms with E-state index in [4.69, 9.17) is 0 Å². The lowest BCUT2D eigenvalue weighted by Crippen LogP contribution is -2.19. The Morgan fingerprint density at radius 3 is 2.39 bits per heavy atom. The molecule has 4 heteroatoms. The molecule has 0 fully saturated rings. The molecule has 114 valence electrons. The van der Waals surface area contributed by atoms with E-state index in [2.05, 4.69) is 22.7 Å². The number of amides is 1. The summed E-state index contributed by atoms with van der Waals surface area (Å²) in [5, 5.41) is 5.96. The van der Waals surface area contributed by atoms with Crippen LogP contribution in [0.2, 0.25) is 0 Å². The monoisotopic (exact) mass is 320 g/mol. The number of carbonyl (C=O) groups excluding carboxylic acids is 1. The summed E-state index contributed by atoms with van der Waals surface area (Å²) in [4.78, 5) is 12.8. The molecular weight excluding hydrogens is 304 g/mol. The summed E-state index contributed by atoms with van der Waals surface area (Å²) in [6, 6.07) is 22.1. The third kappa shape index (κ3) is 4.37. The van der Waals surface area contributed by atoms with Crippen molar-refractivity contribution in [2.45, 2.75) is 6.42 Å². The van der Waals surface area contributed by atoms with Gasteiger partial charge in [-0.3, -0.25) is 4.79 Å². The number of nitrogens with zero attached hydrogens (tertiary/aromatic N) is 1. The second-order valence-corrected chi connectivity index (χ2v) is 6.07. The standard InChI is InChI=1S/C19H16N2OS/c22-19(13-18-7-4-12-23-18)21-20-14-15-8-10-17(11-9-15)16-5-2-1-3-6-16/h1-12,14H,13H2,(H,21,22). The molecule has 3 rings (SSSR count). The van der Waals surface area contributed by atoms with Crippen LogP contribution in [0.4, 0.5) is 0 Å². The summed E-state index contributed by atoms with van der Waals surface area (Å²) < 4.78 is 0. The fourth-order valence-corrected chi connectivity index (χ4v) is 2.89. The zero-order valence-corrected chi connectivity index (χ0v) is 13.3. The molecule has 0 unspecified atom stereocenters. The Hall–Kier alpha value is -2.72. The van der Waals surface area contributed by atoms with Gasteiger partial charge in [0.25, 0.3) is 0 Å². The summed E-state index contributed by atoms with van der Waals surface area (Å²) in [6.07, 6.45) is 2.02. The van der Waals surface area contributed by atoms with Gasteiger partial charge in [-0.1, -0.05) is 60.7 Å². The molecule has 3 aromatic rings. The molecule has 1 amide bonds. The van der Waals surface area contributed by atoms with Crippen molar-refractivity contribution in [1.29, 1.82) is 0 Å². The molecule has 23 heavy (non-hydrogen) atoms. The predicted octanol–water partition coefficient (Wildman–Crippen LogP) is 4.11. The second kappa shape index (κ2) is 7.51. The van der Waals surface area contributed by atoms with Gasteiger partial charge in [0.05, 0.1) is 12.6 Å². The zero-order chi connectivity index (χ0) is 15.9. The molecule has 0 aliphatic heterocycles. The smallest absolute Gasteiger partial charge is 0.245 e. The summed E-state index contributed by atoms with van der Waals surface area (Å²) in [7, 11) is 0. The fraction of sp³-hybridized carbons (Fsp3) is 0.0526. The van der Waals surface area contributed by atoms with Gasteiger partial charge in [0.1, 0.15) is 0 Å². The quantitative estimate of drug-likeness (QED) is 0.558. The molecule has 0 saturated heterocycles. The lowest BCUT2D eigenvalue weighted by molar-refractivity contribution is -0.120. The Labute approximate surface area is 139 Å². The van der Waals surface area contributed by atoms with E-state index >= 15 is 0 Å². The van der Waals surface area contributed by atoms with Gasteiger partial charge in [-0.05, 0) is 28.1 Å². The van der Waals surface area contributed by atoms with E-state index in [1.54, 1.807) is 17.6 Å². The van der Waals surface area contributed by atoms with Crippen molar-refractivity contribution < 1.29 is 4.79 Å². The number of hydrogen-bond donors (Lipinski definition) is 1. The average Bonchev–Trinajstić information content (AvgIpc) is 3.09. The highest BCUT2D eigenvalue weighted by atomic mass is 32.1. The van der Waals surface area contributed by atoms with Crippen molar-refractivity contribution in [1.82, 2.24) is 5.43 Å². The molecule has 1 heterocycles. The predicted molar refractivity (Wildman–Crippen MR) is 95.6 cm³/mol. The minimum absolute atomic E-state index is 0.107.